The molecule has 18 heavy (non-hydrogen) atoms. The molecule has 2 heterocycles. The molecule has 2 aromatic rings. The second-order valence-electron chi connectivity index (χ2n) is 5.23. The summed E-state index contributed by atoms with van der Waals surface area (Å²) in [6, 6.07) is 6.73. The highest BCUT2D eigenvalue weighted by molar-refractivity contribution is 5.76. The number of hydrogen-bond donors (Lipinski definition) is 2. The molecule has 3 heteroatoms. The van der Waals surface area contributed by atoms with Crippen molar-refractivity contribution in [3.63, 3.8) is 0 Å². The van der Waals surface area contributed by atoms with Gasteiger partial charge in [-0.15, -0.1) is 0 Å². The Bertz CT molecular complexity index is 524. The standard InChI is InChI=1S/C15H21N3/c1-2-3-15-17-13-5-4-12(10-14(13)18-15)11-6-8-16-9-7-11/h4-5,10-11,16H,2-3,6-9H2,1H3,(H,17,18). The van der Waals surface area contributed by atoms with Crippen molar-refractivity contribution < 1.29 is 0 Å². The van der Waals surface area contributed by atoms with Crippen LogP contribution < -0.4 is 5.32 Å². The number of nitrogens with one attached hydrogen (secondary N) is 2. The van der Waals surface area contributed by atoms with E-state index in [9.17, 15) is 0 Å². The van der Waals surface area contributed by atoms with Crippen molar-refractivity contribution in [2.24, 2.45) is 0 Å². The number of hydrogen-bond acceptors (Lipinski definition) is 2. The van der Waals surface area contributed by atoms with Gasteiger partial charge in [0.25, 0.3) is 0 Å². The minimum absolute atomic E-state index is 0.716. The van der Waals surface area contributed by atoms with E-state index in [1.54, 1.807) is 0 Å². The molecule has 0 saturated carbocycles. The maximum absolute atomic E-state index is 4.62. The van der Waals surface area contributed by atoms with Crippen molar-refractivity contribution in [3.05, 3.63) is 29.6 Å². The first-order chi connectivity index (χ1) is 8.86. The molecule has 1 aromatic heterocycles. The number of aromatic amines is 1. The van der Waals surface area contributed by atoms with Crippen molar-refractivity contribution in [3.8, 4) is 0 Å². The Kier molecular flexibility index (Phi) is 3.33. The zero-order valence-electron chi connectivity index (χ0n) is 11.0. The molecule has 0 spiro atoms. The maximum atomic E-state index is 4.62. The van der Waals surface area contributed by atoms with Crippen LogP contribution in [0.15, 0.2) is 18.2 Å². The highest BCUT2D eigenvalue weighted by Crippen LogP contribution is 2.27. The molecule has 1 aliphatic heterocycles. The zero-order chi connectivity index (χ0) is 12.4. The SMILES string of the molecule is CCCc1nc2ccc(C3CCNCC3)cc2[nH]1. The number of aryl methyl sites for hydroxylation is 1. The molecule has 96 valence electrons. The molecule has 1 fully saturated rings. The van der Waals surface area contributed by atoms with Crippen LogP contribution in [0.1, 0.15) is 43.5 Å². The van der Waals surface area contributed by atoms with E-state index >= 15 is 0 Å². The minimum Gasteiger partial charge on any atom is -0.342 e. The summed E-state index contributed by atoms with van der Waals surface area (Å²) in [5.41, 5.74) is 3.78. The highest BCUT2D eigenvalue weighted by atomic mass is 14.9. The molecule has 2 N–H and O–H groups in total. The topological polar surface area (TPSA) is 40.7 Å². The number of H-pyrrole nitrogens is 1. The minimum atomic E-state index is 0.716. The quantitative estimate of drug-likeness (QED) is 0.870. The first kappa shape index (κ1) is 11.7. The second kappa shape index (κ2) is 5.11. The normalized spacial score (nSPS) is 17.4. The summed E-state index contributed by atoms with van der Waals surface area (Å²) in [6.07, 6.45) is 4.68. The largest absolute Gasteiger partial charge is 0.342 e. The fourth-order valence-corrected chi connectivity index (χ4v) is 2.84. The van der Waals surface area contributed by atoms with Crippen LogP contribution in [0.5, 0.6) is 0 Å². The molecule has 0 aliphatic carbocycles. The lowest BCUT2D eigenvalue weighted by atomic mass is 9.90. The Hall–Kier alpha value is -1.35. The number of rotatable bonds is 3. The lowest BCUT2D eigenvalue weighted by molar-refractivity contribution is 0.460. The van der Waals surface area contributed by atoms with Gasteiger partial charge >= 0.3 is 0 Å². The van der Waals surface area contributed by atoms with Crippen LogP contribution in [0.2, 0.25) is 0 Å². The van der Waals surface area contributed by atoms with Crippen LogP contribution in [-0.2, 0) is 6.42 Å². The number of piperidine rings is 1. The molecule has 3 rings (SSSR count). The fourth-order valence-electron chi connectivity index (χ4n) is 2.84. The number of imidazole rings is 1. The summed E-state index contributed by atoms with van der Waals surface area (Å²) < 4.78 is 0. The average Bonchev–Trinajstić information content (AvgIpc) is 2.81. The third-order valence-corrected chi connectivity index (χ3v) is 3.85. The van der Waals surface area contributed by atoms with E-state index in [0.29, 0.717) is 5.92 Å². The zero-order valence-corrected chi connectivity index (χ0v) is 11.0. The Labute approximate surface area is 108 Å². The summed E-state index contributed by atoms with van der Waals surface area (Å²) in [4.78, 5) is 8.07. The summed E-state index contributed by atoms with van der Waals surface area (Å²) >= 11 is 0. The van der Waals surface area contributed by atoms with Gasteiger partial charge in [0.15, 0.2) is 0 Å². The maximum Gasteiger partial charge on any atom is 0.107 e. The molecular weight excluding hydrogens is 222 g/mol. The van der Waals surface area contributed by atoms with E-state index in [0.717, 1.165) is 37.3 Å². The van der Waals surface area contributed by atoms with E-state index in [4.69, 9.17) is 0 Å². The number of fused-ring (bicyclic) bond motifs is 1. The van der Waals surface area contributed by atoms with E-state index in [1.165, 1.54) is 23.9 Å². The average molecular weight is 243 g/mol. The number of benzene rings is 1. The van der Waals surface area contributed by atoms with Crippen LogP contribution in [0.4, 0.5) is 0 Å². The van der Waals surface area contributed by atoms with Gasteiger partial charge in [0, 0.05) is 6.42 Å². The third kappa shape index (κ3) is 2.27. The Morgan fingerprint density at radius 2 is 2.11 bits per heavy atom. The van der Waals surface area contributed by atoms with Crippen LogP contribution in [0.25, 0.3) is 11.0 Å². The van der Waals surface area contributed by atoms with Crippen molar-refractivity contribution in [2.45, 2.75) is 38.5 Å². The van der Waals surface area contributed by atoms with Gasteiger partial charge in [-0.2, -0.15) is 0 Å². The van der Waals surface area contributed by atoms with Gasteiger partial charge in [-0.3, -0.25) is 0 Å². The molecule has 0 atom stereocenters. The molecule has 1 aliphatic rings. The van der Waals surface area contributed by atoms with Crippen LogP contribution in [-0.4, -0.2) is 23.1 Å². The molecule has 0 unspecified atom stereocenters. The first-order valence-corrected chi connectivity index (χ1v) is 7.06. The summed E-state index contributed by atoms with van der Waals surface area (Å²) in [6.45, 7) is 4.48. The van der Waals surface area contributed by atoms with Crippen LogP contribution >= 0.6 is 0 Å². The first-order valence-electron chi connectivity index (χ1n) is 7.06. The van der Waals surface area contributed by atoms with Gasteiger partial charge in [0.1, 0.15) is 5.82 Å². The predicted octanol–water partition coefficient (Wildman–Crippen LogP) is 2.98. The summed E-state index contributed by atoms with van der Waals surface area (Å²) in [5, 5.41) is 3.42. The third-order valence-electron chi connectivity index (χ3n) is 3.85. The summed E-state index contributed by atoms with van der Waals surface area (Å²) in [5.74, 6) is 1.84. The van der Waals surface area contributed by atoms with Gasteiger partial charge in [0.2, 0.25) is 0 Å². The van der Waals surface area contributed by atoms with Gasteiger partial charge in [-0.05, 0) is 56.0 Å². The van der Waals surface area contributed by atoms with Gasteiger partial charge in [-0.25, -0.2) is 4.98 Å². The Morgan fingerprint density at radius 1 is 1.28 bits per heavy atom. The molecule has 3 nitrogen and oxygen atoms in total. The Balaban J connectivity index is 1.89. The van der Waals surface area contributed by atoms with Crippen molar-refractivity contribution in [1.29, 1.82) is 0 Å². The van der Waals surface area contributed by atoms with E-state index in [1.807, 2.05) is 0 Å². The van der Waals surface area contributed by atoms with Crippen molar-refractivity contribution >= 4 is 11.0 Å². The van der Waals surface area contributed by atoms with Crippen LogP contribution in [0, 0.1) is 0 Å². The second-order valence-corrected chi connectivity index (χ2v) is 5.23. The number of nitrogens with zero attached hydrogens (tertiary/aromatic N) is 1. The Morgan fingerprint density at radius 3 is 2.89 bits per heavy atom. The number of aromatic nitrogens is 2. The molecule has 1 saturated heterocycles. The van der Waals surface area contributed by atoms with Gasteiger partial charge in [0.05, 0.1) is 11.0 Å². The molecular formula is C15H21N3. The van der Waals surface area contributed by atoms with Crippen molar-refractivity contribution in [2.75, 3.05) is 13.1 Å². The predicted molar refractivity (Wildman–Crippen MR) is 74.9 cm³/mol. The summed E-state index contributed by atoms with van der Waals surface area (Å²) in [7, 11) is 0. The molecule has 0 bridgehead atoms. The smallest absolute Gasteiger partial charge is 0.107 e. The lowest BCUT2D eigenvalue weighted by Crippen LogP contribution is -2.26. The molecule has 0 amide bonds. The van der Waals surface area contributed by atoms with E-state index in [2.05, 4.69) is 40.4 Å². The van der Waals surface area contributed by atoms with E-state index in [-0.39, 0.29) is 0 Å². The highest BCUT2D eigenvalue weighted by Gasteiger charge is 2.15. The van der Waals surface area contributed by atoms with Gasteiger partial charge < -0.3 is 10.3 Å². The van der Waals surface area contributed by atoms with Crippen LogP contribution in [0.3, 0.4) is 0 Å². The molecule has 1 aromatic carbocycles. The molecule has 0 radical (unpaired) electrons. The van der Waals surface area contributed by atoms with E-state index < -0.39 is 0 Å². The van der Waals surface area contributed by atoms with Gasteiger partial charge in [-0.1, -0.05) is 13.0 Å². The monoisotopic (exact) mass is 243 g/mol. The fraction of sp³-hybridized carbons (Fsp3) is 0.533. The van der Waals surface area contributed by atoms with Crippen molar-refractivity contribution in [1.82, 2.24) is 15.3 Å². The lowest BCUT2D eigenvalue weighted by Gasteiger charge is -2.22.